The Kier molecular flexibility index (Phi) is 5.30. The molecule has 27 heavy (non-hydrogen) atoms. The van der Waals surface area contributed by atoms with Crippen molar-refractivity contribution in [2.75, 3.05) is 5.32 Å². The Hall–Kier alpha value is -3.48. The number of rotatable bonds is 6. The molecule has 3 aromatic rings. The monoisotopic (exact) mass is 364 g/mol. The van der Waals surface area contributed by atoms with E-state index in [0.717, 1.165) is 11.3 Å². The maximum absolute atomic E-state index is 12.4. The number of nitrogens with zero attached hydrogens (tertiary/aromatic N) is 3. The molecule has 0 fully saturated rings. The van der Waals surface area contributed by atoms with Crippen LogP contribution < -0.4 is 5.32 Å². The second-order valence-corrected chi connectivity index (χ2v) is 6.39. The lowest BCUT2D eigenvalue weighted by atomic mass is 10.1. The number of amides is 1. The summed E-state index contributed by atoms with van der Waals surface area (Å²) in [6.07, 6.45) is 1.01. The molecule has 0 saturated heterocycles. The average molecular weight is 364 g/mol. The molecule has 7 heteroatoms. The third kappa shape index (κ3) is 4.58. The quantitative estimate of drug-likeness (QED) is 0.529. The number of benzene rings is 2. The minimum Gasteiger partial charge on any atom is -0.311 e. The van der Waals surface area contributed by atoms with Crippen molar-refractivity contribution in [1.29, 1.82) is 0 Å². The van der Waals surface area contributed by atoms with Gasteiger partial charge in [0.2, 0.25) is 5.91 Å². The number of non-ortho nitro benzene ring substituents is 1. The third-order valence-corrected chi connectivity index (χ3v) is 4.13. The Labute approximate surface area is 156 Å². The van der Waals surface area contributed by atoms with Gasteiger partial charge in [-0.15, -0.1) is 0 Å². The molecule has 138 valence electrons. The van der Waals surface area contributed by atoms with E-state index in [0.29, 0.717) is 24.3 Å². The van der Waals surface area contributed by atoms with E-state index in [4.69, 9.17) is 0 Å². The zero-order valence-electron chi connectivity index (χ0n) is 15.2. The summed E-state index contributed by atoms with van der Waals surface area (Å²) in [5.41, 5.74) is 3.67. The van der Waals surface area contributed by atoms with E-state index in [1.807, 2.05) is 32.0 Å². The highest BCUT2D eigenvalue weighted by Gasteiger charge is 2.12. The summed E-state index contributed by atoms with van der Waals surface area (Å²) in [7, 11) is 0. The van der Waals surface area contributed by atoms with Gasteiger partial charge in [0.15, 0.2) is 0 Å². The van der Waals surface area contributed by atoms with Crippen molar-refractivity contribution in [2.45, 2.75) is 26.7 Å². The summed E-state index contributed by atoms with van der Waals surface area (Å²) in [4.78, 5) is 22.7. The summed E-state index contributed by atoms with van der Waals surface area (Å²) in [5.74, 6) is 0.426. The molecule has 0 aliphatic heterocycles. The summed E-state index contributed by atoms with van der Waals surface area (Å²) in [6, 6.07) is 15.9. The number of aryl methyl sites for hydroxylation is 3. The maximum Gasteiger partial charge on any atom is 0.269 e. The van der Waals surface area contributed by atoms with Crippen molar-refractivity contribution in [3.05, 3.63) is 81.5 Å². The fraction of sp³-hybridized carbons (Fsp3) is 0.200. The van der Waals surface area contributed by atoms with Gasteiger partial charge in [-0.05, 0) is 38.0 Å². The largest absolute Gasteiger partial charge is 0.311 e. The minimum absolute atomic E-state index is 0.00590. The van der Waals surface area contributed by atoms with Crippen LogP contribution >= 0.6 is 0 Å². The molecule has 0 aliphatic rings. The molecule has 0 saturated carbocycles. The molecule has 0 spiro atoms. The fourth-order valence-corrected chi connectivity index (χ4v) is 2.83. The second-order valence-electron chi connectivity index (χ2n) is 6.39. The van der Waals surface area contributed by atoms with Gasteiger partial charge < -0.3 is 5.32 Å². The Morgan fingerprint density at radius 3 is 2.56 bits per heavy atom. The van der Waals surface area contributed by atoms with Crippen LogP contribution in [0, 0.1) is 24.0 Å². The lowest BCUT2D eigenvalue weighted by molar-refractivity contribution is -0.384. The van der Waals surface area contributed by atoms with E-state index in [-0.39, 0.29) is 11.6 Å². The molecule has 1 heterocycles. The van der Waals surface area contributed by atoms with Crippen LogP contribution in [0.2, 0.25) is 0 Å². The first-order valence-corrected chi connectivity index (χ1v) is 8.59. The molecule has 1 aromatic heterocycles. The molecule has 3 rings (SSSR count). The number of nitro groups is 1. The van der Waals surface area contributed by atoms with Gasteiger partial charge in [-0.3, -0.25) is 14.9 Å². The molecule has 0 atom stereocenters. The van der Waals surface area contributed by atoms with Gasteiger partial charge in [-0.1, -0.05) is 29.8 Å². The van der Waals surface area contributed by atoms with E-state index >= 15 is 0 Å². The van der Waals surface area contributed by atoms with Crippen LogP contribution in [-0.4, -0.2) is 20.6 Å². The maximum atomic E-state index is 12.4. The van der Waals surface area contributed by atoms with E-state index in [2.05, 4.69) is 16.5 Å². The van der Waals surface area contributed by atoms with E-state index in [9.17, 15) is 14.9 Å². The Morgan fingerprint density at radius 2 is 1.89 bits per heavy atom. The number of carbonyl (C=O) groups excluding carboxylic acids is 1. The first-order valence-electron chi connectivity index (χ1n) is 8.59. The predicted molar refractivity (Wildman–Crippen MR) is 103 cm³/mol. The van der Waals surface area contributed by atoms with Crippen molar-refractivity contribution in [3.63, 3.8) is 0 Å². The molecule has 1 amide bonds. The number of nitro benzene ring substituents is 1. The summed E-state index contributed by atoms with van der Waals surface area (Å²) >= 11 is 0. The average Bonchev–Trinajstić information content (AvgIpc) is 3.00. The summed E-state index contributed by atoms with van der Waals surface area (Å²) < 4.78 is 1.57. The number of aromatic nitrogens is 2. The van der Waals surface area contributed by atoms with Crippen molar-refractivity contribution in [1.82, 2.24) is 9.78 Å². The van der Waals surface area contributed by atoms with Crippen LogP contribution in [0.15, 0.2) is 54.6 Å². The van der Waals surface area contributed by atoms with Gasteiger partial charge >= 0.3 is 0 Å². The second kappa shape index (κ2) is 7.82. The molecule has 0 unspecified atom stereocenters. The SMILES string of the molecule is Cc1cccc(CCC(=O)Nc2cc(C)nn2-c2ccc([N+](=O)[O-])cc2)c1. The van der Waals surface area contributed by atoms with Crippen molar-refractivity contribution < 1.29 is 9.72 Å². The molecule has 7 nitrogen and oxygen atoms in total. The highest BCUT2D eigenvalue weighted by molar-refractivity contribution is 5.90. The first-order chi connectivity index (χ1) is 12.9. The lowest BCUT2D eigenvalue weighted by Gasteiger charge is -2.09. The van der Waals surface area contributed by atoms with Crippen molar-refractivity contribution >= 4 is 17.4 Å². The summed E-state index contributed by atoms with van der Waals surface area (Å²) in [5, 5.41) is 18.1. The molecule has 0 bridgehead atoms. The van der Waals surface area contributed by atoms with E-state index in [1.165, 1.54) is 17.7 Å². The Bertz CT molecular complexity index is 977. The molecular formula is C20H20N4O3. The van der Waals surface area contributed by atoms with E-state index < -0.39 is 4.92 Å². The molecule has 0 aliphatic carbocycles. The summed E-state index contributed by atoms with van der Waals surface area (Å²) in [6.45, 7) is 3.85. The molecular weight excluding hydrogens is 344 g/mol. The predicted octanol–water partition coefficient (Wildman–Crippen LogP) is 3.97. The number of carbonyl (C=O) groups is 1. The van der Waals surface area contributed by atoms with Crippen LogP contribution in [0.4, 0.5) is 11.5 Å². The number of hydrogen-bond acceptors (Lipinski definition) is 4. The number of anilines is 1. The highest BCUT2D eigenvalue weighted by atomic mass is 16.6. The first kappa shape index (κ1) is 18.3. The highest BCUT2D eigenvalue weighted by Crippen LogP contribution is 2.20. The van der Waals surface area contributed by atoms with Gasteiger partial charge in [0, 0.05) is 24.6 Å². The van der Waals surface area contributed by atoms with Gasteiger partial charge in [-0.25, -0.2) is 4.68 Å². The Morgan fingerprint density at radius 1 is 1.15 bits per heavy atom. The van der Waals surface area contributed by atoms with E-state index in [1.54, 1.807) is 22.9 Å². The standard InChI is InChI=1S/C20H20N4O3/c1-14-4-3-5-16(12-14)6-11-20(25)21-19-13-15(2)22-23(19)17-7-9-18(10-8-17)24(26)27/h3-5,7-10,12-13H,6,11H2,1-2H3,(H,21,25). The molecule has 1 N–H and O–H groups in total. The van der Waals surface area contributed by atoms with Crippen LogP contribution in [-0.2, 0) is 11.2 Å². The zero-order valence-corrected chi connectivity index (χ0v) is 15.2. The lowest BCUT2D eigenvalue weighted by Crippen LogP contribution is -2.15. The smallest absolute Gasteiger partial charge is 0.269 e. The van der Waals surface area contributed by atoms with Crippen LogP contribution in [0.25, 0.3) is 5.69 Å². The zero-order chi connectivity index (χ0) is 19.4. The van der Waals surface area contributed by atoms with Crippen LogP contribution in [0.3, 0.4) is 0 Å². The van der Waals surface area contributed by atoms with Gasteiger partial charge in [0.05, 0.1) is 16.3 Å². The van der Waals surface area contributed by atoms with Gasteiger partial charge in [0.1, 0.15) is 5.82 Å². The van der Waals surface area contributed by atoms with Crippen LogP contribution in [0.5, 0.6) is 0 Å². The minimum atomic E-state index is -0.452. The molecule has 0 radical (unpaired) electrons. The Balaban J connectivity index is 1.71. The van der Waals surface area contributed by atoms with Gasteiger partial charge in [0.25, 0.3) is 5.69 Å². The number of hydrogen-bond donors (Lipinski definition) is 1. The third-order valence-electron chi connectivity index (χ3n) is 4.13. The normalized spacial score (nSPS) is 10.6. The van der Waals surface area contributed by atoms with Gasteiger partial charge in [-0.2, -0.15) is 5.10 Å². The molecule has 2 aromatic carbocycles. The van der Waals surface area contributed by atoms with Crippen molar-refractivity contribution in [2.24, 2.45) is 0 Å². The number of nitrogens with one attached hydrogen (secondary N) is 1. The topological polar surface area (TPSA) is 90.1 Å². The fourth-order valence-electron chi connectivity index (χ4n) is 2.83. The van der Waals surface area contributed by atoms with Crippen LogP contribution in [0.1, 0.15) is 23.2 Å². The van der Waals surface area contributed by atoms with Crippen molar-refractivity contribution in [3.8, 4) is 5.69 Å².